The summed E-state index contributed by atoms with van der Waals surface area (Å²) in [7, 11) is 3.65. The number of allylic oxidation sites excluding steroid dienone is 2. The van der Waals surface area contributed by atoms with Crippen LogP contribution in [0.3, 0.4) is 0 Å². The lowest BCUT2D eigenvalue weighted by atomic mass is 10.3. The van der Waals surface area contributed by atoms with E-state index in [1.807, 2.05) is 33.9 Å². The zero-order valence-corrected chi connectivity index (χ0v) is 17.8. The van der Waals surface area contributed by atoms with Gasteiger partial charge in [0.2, 0.25) is 0 Å². The minimum atomic E-state index is 0.522. The van der Waals surface area contributed by atoms with E-state index in [1.165, 1.54) is 17.6 Å². The van der Waals surface area contributed by atoms with Crippen molar-refractivity contribution in [3.8, 4) is 0 Å². The molecule has 2 rings (SSSR count). The zero-order chi connectivity index (χ0) is 21.0. The number of amidine groups is 1. The number of fused-ring (bicyclic) bond motifs is 1. The van der Waals surface area contributed by atoms with Crippen molar-refractivity contribution < 1.29 is 4.79 Å². The Morgan fingerprint density at radius 3 is 2.56 bits per heavy atom. The summed E-state index contributed by atoms with van der Waals surface area (Å²) in [4.78, 5) is 19.2. The molecule has 0 spiro atoms. The molecule has 2 aromatic rings. The lowest BCUT2D eigenvalue weighted by molar-refractivity contribution is 0.111. The predicted octanol–water partition coefficient (Wildman–Crippen LogP) is 3.43. The van der Waals surface area contributed by atoms with E-state index in [0.717, 1.165) is 27.3 Å². The van der Waals surface area contributed by atoms with Crippen molar-refractivity contribution in [2.75, 3.05) is 13.6 Å². The van der Waals surface area contributed by atoms with Gasteiger partial charge in [0.05, 0.1) is 26.9 Å². The van der Waals surface area contributed by atoms with Gasteiger partial charge in [-0.05, 0) is 27.0 Å². The topological polar surface area (TPSA) is 109 Å². The molecule has 0 aliphatic rings. The van der Waals surface area contributed by atoms with E-state index < -0.39 is 0 Å². The Balaban J connectivity index is 0.000000473. The Morgan fingerprint density at radius 2 is 2.11 bits per heavy atom. The van der Waals surface area contributed by atoms with Crippen molar-refractivity contribution >= 4 is 40.0 Å². The second-order valence-corrected chi connectivity index (χ2v) is 6.39. The molecule has 2 aromatic heterocycles. The van der Waals surface area contributed by atoms with E-state index >= 15 is 0 Å². The molecule has 8 heteroatoms. The highest BCUT2D eigenvalue weighted by Gasteiger charge is 2.16. The predicted molar refractivity (Wildman–Crippen MR) is 117 cm³/mol. The molecule has 0 unspecified atom stereocenters. The van der Waals surface area contributed by atoms with Crippen LogP contribution in [-0.4, -0.2) is 41.5 Å². The number of carbonyl (C=O) groups excluding carboxylic acids is 1. The van der Waals surface area contributed by atoms with Crippen LogP contribution in [0.15, 0.2) is 29.4 Å². The summed E-state index contributed by atoms with van der Waals surface area (Å²) < 4.78 is 2.65. The van der Waals surface area contributed by atoms with Crippen LogP contribution in [0.25, 0.3) is 10.3 Å². The Labute approximate surface area is 165 Å². The Hall–Kier alpha value is -2.58. The number of hydrogen-bond donors (Lipinski definition) is 3. The van der Waals surface area contributed by atoms with E-state index in [9.17, 15) is 4.79 Å². The number of aryl methyl sites for hydroxylation is 2. The van der Waals surface area contributed by atoms with Crippen molar-refractivity contribution in [1.29, 1.82) is 5.41 Å². The number of hydrogen-bond acceptors (Lipinski definition) is 6. The van der Waals surface area contributed by atoms with Gasteiger partial charge in [0.1, 0.15) is 0 Å². The fraction of sp³-hybridized carbons (Fsp3) is 0.368. The highest BCUT2D eigenvalue weighted by atomic mass is 32.1. The van der Waals surface area contributed by atoms with Gasteiger partial charge in [0.25, 0.3) is 0 Å². The molecule has 148 valence electrons. The smallest absolute Gasteiger partial charge is 0.167 e. The van der Waals surface area contributed by atoms with Crippen molar-refractivity contribution in [1.82, 2.24) is 14.9 Å². The molecule has 0 radical (unpaired) electrons. The molecule has 27 heavy (non-hydrogen) atoms. The molecule has 0 saturated carbocycles. The lowest BCUT2D eigenvalue weighted by Crippen LogP contribution is -2.12. The van der Waals surface area contributed by atoms with Crippen molar-refractivity contribution in [2.45, 2.75) is 27.7 Å². The van der Waals surface area contributed by atoms with E-state index in [2.05, 4.69) is 21.9 Å². The van der Waals surface area contributed by atoms with E-state index in [-0.39, 0.29) is 0 Å². The molecule has 0 aromatic carbocycles. The number of aliphatic imine (C=N–C) groups is 1. The molecular formula is C19H30N6OS. The van der Waals surface area contributed by atoms with Gasteiger partial charge in [0, 0.05) is 25.4 Å². The average Bonchev–Trinajstić information content (AvgIpc) is 3.12. The van der Waals surface area contributed by atoms with Crippen molar-refractivity contribution in [3.63, 3.8) is 0 Å². The van der Waals surface area contributed by atoms with Crippen LogP contribution in [-0.2, 0) is 7.05 Å². The van der Waals surface area contributed by atoms with Gasteiger partial charge in [0.15, 0.2) is 11.9 Å². The SMILES string of the molecule is C=C/C=C(/CNC)N=C(C)N.CC.Cc1nc2c(s1)c(C=N)c(C=O)n2C. The van der Waals surface area contributed by atoms with Gasteiger partial charge in [-0.25, -0.2) is 9.98 Å². The molecule has 0 aliphatic carbocycles. The third-order valence-corrected chi connectivity index (χ3v) is 4.15. The second kappa shape index (κ2) is 12.7. The molecule has 0 bridgehead atoms. The number of aromatic nitrogens is 2. The maximum atomic E-state index is 10.8. The Morgan fingerprint density at radius 1 is 1.48 bits per heavy atom. The van der Waals surface area contributed by atoms with Gasteiger partial charge >= 0.3 is 0 Å². The summed E-state index contributed by atoms with van der Waals surface area (Å²) in [5.41, 5.74) is 8.27. The van der Waals surface area contributed by atoms with Crippen LogP contribution in [0.1, 0.15) is 41.8 Å². The minimum Gasteiger partial charge on any atom is -0.387 e. The summed E-state index contributed by atoms with van der Waals surface area (Å²) in [6.07, 6.45) is 5.50. The summed E-state index contributed by atoms with van der Waals surface area (Å²) in [5.74, 6) is 0.563. The maximum absolute atomic E-state index is 10.8. The van der Waals surface area contributed by atoms with Crippen LogP contribution in [0.2, 0.25) is 0 Å². The molecule has 0 saturated heterocycles. The summed E-state index contributed by atoms with van der Waals surface area (Å²) in [5, 5.41) is 11.2. The van der Waals surface area contributed by atoms with Crippen LogP contribution in [0, 0.1) is 12.3 Å². The zero-order valence-electron chi connectivity index (χ0n) is 17.0. The molecule has 0 atom stereocenters. The third-order valence-electron chi connectivity index (χ3n) is 3.16. The van der Waals surface area contributed by atoms with E-state index in [1.54, 1.807) is 24.6 Å². The standard InChI is InChI=1S/C9H9N3OS.C8H15N3.C2H6/c1-5-11-9-8(14-5)6(3-10)7(4-13)12(9)2;1-4-5-8(6-10-3)11-7(2)9;1-2/h3-4,10H,1-2H3;4-5,10H,1,6H2,2-3H3,(H2,9,11);1-2H3/b;8-5-;. The van der Waals surface area contributed by atoms with Crippen LogP contribution >= 0.6 is 11.3 Å². The Kier molecular flexibility index (Phi) is 11.5. The van der Waals surface area contributed by atoms with Gasteiger partial charge < -0.3 is 21.0 Å². The van der Waals surface area contributed by atoms with Crippen molar-refractivity contribution in [3.05, 3.63) is 40.7 Å². The Bertz CT molecular complexity index is 825. The number of carbonyl (C=O) groups is 1. The monoisotopic (exact) mass is 390 g/mol. The first-order valence-corrected chi connectivity index (χ1v) is 9.39. The normalized spacial score (nSPS) is 11.2. The molecule has 0 aliphatic heterocycles. The molecule has 0 fully saturated rings. The molecule has 4 N–H and O–H groups in total. The largest absolute Gasteiger partial charge is 0.387 e. The van der Waals surface area contributed by atoms with Gasteiger partial charge in [-0.15, -0.1) is 11.3 Å². The minimum absolute atomic E-state index is 0.522. The van der Waals surface area contributed by atoms with Crippen LogP contribution in [0.4, 0.5) is 0 Å². The summed E-state index contributed by atoms with van der Waals surface area (Å²) in [6.45, 7) is 12.0. The number of nitrogens with two attached hydrogens (primary N) is 1. The van der Waals surface area contributed by atoms with Gasteiger partial charge in [-0.1, -0.05) is 26.5 Å². The molecular weight excluding hydrogens is 360 g/mol. The highest BCUT2D eigenvalue weighted by molar-refractivity contribution is 7.18. The number of rotatable bonds is 6. The quantitative estimate of drug-likeness (QED) is 0.304. The summed E-state index contributed by atoms with van der Waals surface area (Å²) >= 11 is 1.51. The van der Waals surface area contributed by atoms with E-state index in [4.69, 9.17) is 11.1 Å². The average molecular weight is 391 g/mol. The van der Waals surface area contributed by atoms with Crippen LogP contribution in [0.5, 0.6) is 0 Å². The first-order valence-electron chi connectivity index (χ1n) is 8.57. The second-order valence-electron chi connectivity index (χ2n) is 5.18. The highest BCUT2D eigenvalue weighted by Crippen LogP contribution is 2.28. The molecule has 0 amide bonds. The number of nitrogens with zero attached hydrogens (tertiary/aromatic N) is 3. The van der Waals surface area contributed by atoms with Crippen molar-refractivity contribution in [2.24, 2.45) is 17.8 Å². The summed E-state index contributed by atoms with van der Waals surface area (Å²) in [6, 6.07) is 0. The number of likely N-dealkylation sites (N-methyl/N-ethyl adjacent to an activating group) is 1. The number of thiazole rings is 1. The fourth-order valence-electron chi connectivity index (χ4n) is 2.19. The number of aldehydes is 1. The third kappa shape index (κ3) is 6.92. The van der Waals surface area contributed by atoms with Gasteiger partial charge in [-0.2, -0.15) is 0 Å². The number of nitrogens with one attached hydrogen (secondary N) is 2. The van der Waals surface area contributed by atoms with E-state index in [0.29, 0.717) is 23.6 Å². The first kappa shape index (κ1) is 24.4. The van der Waals surface area contributed by atoms with Crippen LogP contribution < -0.4 is 11.1 Å². The first-order chi connectivity index (χ1) is 12.9. The maximum Gasteiger partial charge on any atom is 0.167 e. The van der Waals surface area contributed by atoms with Gasteiger partial charge in [-0.3, -0.25) is 4.79 Å². The lowest BCUT2D eigenvalue weighted by Gasteiger charge is -1.99. The molecule has 2 heterocycles. The molecule has 7 nitrogen and oxygen atoms in total. The fourth-order valence-corrected chi connectivity index (χ4v) is 3.17.